The predicted octanol–water partition coefficient (Wildman–Crippen LogP) is 4.66. The summed E-state index contributed by atoms with van der Waals surface area (Å²) in [7, 11) is 0. The van der Waals surface area contributed by atoms with Gasteiger partial charge in [0.25, 0.3) is 0 Å². The van der Waals surface area contributed by atoms with E-state index in [0.717, 1.165) is 12.8 Å². The van der Waals surface area contributed by atoms with Crippen molar-refractivity contribution < 1.29 is 16.8 Å². The van der Waals surface area contributed by atoms with Crippen molar-refractivity contribution in [1.82, 2.24) is 0 Å². The molecule has 0 aliphatic rings. The van der Waals surface area contributed by atoms with Crippen molar-refractivity contribution in [2.45, 2.75) is 45.4 Å². The minimum absolute atomic E-state index is 0.248. The van der Waals surface area contributed by atoms with Gasteiger partial charge < -0.3 is 5.11 Å². The second-order valence-electron chi connectivity index (χ2n) is 3.43. The van der Waals surface area contributed by atoms with Crippen LogP contribution in [0.4, 0.5) is 0 Å². The van der Waals surface area contributed by atoms with Gasteiger partial charge in [0.05, 0.1) is 1.37 Å². The maximum atomic E-state index is 10.8. The van der Waals surface area contributed by atoms with Gasteiger partial charge in [0.1, 0.15) is 0 Å². The smallest absolute Gasteiger partial charge is 0.303 e. The lowest BCUT2D eigenvalue weighted by Gasteiger charge is -1.87. The molecule has 0 aromatic carbocycles. The normalized spacial score (nSPS) is 18.7. The molecule has 0 aromatic heterocycles. The highest BCUT2D eigenvalue weighted by atomic mass is 16.4. The van der Waals surface area contributed by atoms with Gasteiger partial charge in [-0.2, -0.15) is 0 Å². The molecule has 2 nitrogen and oxygen atoms in total. The Bertz CT molecular complexity index is 491. The van der Waals surface area contributed by atoms with E-state index in [4.69, 9.17) is 12.0 Å². The predicted molar refractivity (Wildman–Crippen MR) is 77.6 cm³/mol. The first-order chi connectivity index (χ1) is 10.7. The molecule has 2 heteroatoms. The van der Waals surface area contributed by atoms with Crippen LogP contribution in [0.2, 0.25) is 0 Å². The highest BCUT2D eigenvalue weighted by Gasteiger charge is 1.90. The molecule has 1 N–H and O–H groups in total. The lowest BCUT2D eigenvalue weighted by molar-refractivity contribution is -0.136. The fourth-order valence-corrected chi connectivity index (χ4v) is 1.07. The van der Waals surface area contributed by atoms with Gasteiger partial charge in [-0.05, 0) is 32.1 Å². The molecule has 0 atom stereocenters. The number of carboxylic acids is 1. The van der Waals surface area contributed by atoms with E-state index in [-0.39, 0.29) is 6.42 Å². The van der Waals surface area contributed by atoms with E-state index in [2.05, 4.69) is 19.1 Å². The minimum atomic E-state index is -3.14. The van der Waals surface area contributed by atoms with Crippen LogP contribution in [0.25, 0.3) is 0 Å². The first-order valence-corrected chi connectivity index (χ1v) is 6.03. The summed E-state index contributed by atoms with van der Waals surface area (Å²) >= 11 is 0. The molecular formula is C16H24O2. The standard InChI is InChI=1S/C16H24O2/c1-2-3-4-5-6-7-8-9-10-11-12-13-14-15-16(17)18/h3-4,6-7,9-10,12-13H,2,5,8,11,14-15H2,1H3,(H,17,18)/b4-3-,7-6-,10-9-,13-12-/i13D,14D2,15D2. The molecule has 0 aromatic rings. The summed E-state index contributed by atoms with van der Waals surface area (Å²) < 4.78 is 37.1. The van der Waals surface area contributed by atoms with E-state index in [1.807, 2.05) is 18.2 Å². The van der Waals surface area contributed by atoms with Gasteiger partial charge in [0.2, 0.25) is 0 Å². The zero-order valence-electron chi connectivity index (χ0n) is 15.7. The topological polar surface area (TPSA) is 37.3 Å². The SMILES string of the molecule is [2H]/C(=C/C/C=C\C/C=C\C/C=C\CC)C([2H])([2H])C([2H])([2H])C(=O)O. The van der Waals surface area contributed by atoms with Gasteiger partial charge in [-0.3, -0.25) is 4.79 Å². The van der Waals surface area contributed by atoms with Crippen LogP contribution in [0.3, 0.4) is 0 Å². The van der Waals surface area contributed by atoms with E-state index in [0.29, 0.717) is 6.42 Å². The lowest BCUT2D eigenvalue weighted by Crippen LogP contribution is -1.91. The molecule has 0 aliphatic heterocycles. The summed E-state index contributed by atoms with van der Waals surface area (Å²) in [5.74, 6) is -1.92. The first kappa shape index (κ1) is 9.37. The number of carbonyl (C=O) groups is 1. The van der Waals surface area contributed by atoms with E-state index in [1.54, 1.807) is 6.08 Å². The summed E-state index contributed by atoms with van der Waals surface area (Å²) in [6, 6.07) is -0.671. The van der Waals surface area contributed by atoms with E-state index in [9.17, 15) is 4.79 Å². The molecule has 18 heavy (non-hydrogen) atoms. The van der Waals surface area contributed by atoms with Gasteiger partial charge in [0.15, 0.2) is 0 Å². The molecular weight excluding hydrogens is 224 g/mol. The molecule has 0 fully saturated rings. The fourth-order valence-electron chi connectivity index (χ4n) is 1.07. The summed E-state index contributed by atoms with van der Waals surface area (Å²) in [5, 5.41) is 8.72. The molecule has 0 rings (SSSR count). The van der Waals surface area contributed by atoms with Crippen LogP contribution in [-0.2, 0) is 4.79 Å². The van der Waals surface area contributed by atoms with Gasteiger partial charge in [-0.25, -0.2) is 0 Å². The average Bonchev–Trinajstić information content (AvgIpc) is 2.48. The van der Waals surface area contributed by atoms with Crippen molar-refractivity contribution >= 4 is 5.97 Å². The zero-order chi connectivity index (χ0) is 17.9. The summed E-state index contributed by atoms with van der Waals surface area (Å²) in [6.07, 6.45) is 9.79. The Hall–Kier alpha value is -1.57. The Labute approximate surface area is 117 Å². The third-order valence-corrected chi connectivity index (χ3v) is 1.88. The first-order valence-electron chi connectivity index (χ1n) is 8.53. The number of hydrogen-bond acceptors (Lipinski definition) is 1. The third kappa shape index (κ3) is 14.4. The van der Waals surface area contributed by atoms with Crippen LogP contribution in [0.1, 0.15) is 52.2 Å². The van der Waals surface area contributed by atoms with Gasteiger partial charge >= 0.3 is 5.97 Å². The molecule has 0 amide bonds. The van der Waals surface area contributed by atoms with Gasteiger partial charge in [0, 0.05) is 11.9 Å². The van der Waals surface area contributed by atoms with Crippen molar-refractivity contribution in [3.8, 4) is 0 Å². The molecule has 0 bridgehead atoms. The second kappa shape index (κ2) is 13.5. The molecule has 100 valence electrons. The van der Waals surface area contributed by atoms with Gasteiger partial charge in [-0.1, -0.05) is 55.5 Å². The Kier molecular flexibility index (Phi) is 7.03. The van der Waals surface area contributed by atoms with Crippen LogP contribution >= 0.6 is 0 Å². The molecule has 0 heterocycles. The fraction of sp³-hybridized carbons (Fsp3) is 0.438. The number of allylic oxidation sites excluding steroid dienone is 8. The van der Waals surface area contributed by atoms with Crippen molar-refractivity contribution in [3.05, 3.63) is 48.6 Å². The van der Waals surface area contributed by atoms with Crippen LogP contribution in [0.5, 0.6) is 0 Å². The third-order valence-electron chi connectivity index (χ3n) is 1.88. The summed E-state index contributed by atoms with van der Waals surface area (Å²) in [4.78, 5) is 10.8. The minimum Gasteiger partial charge on any atom is -0.481 e. The Morgan fingerprint density at radius 1 is 1.06 bits per heavy atom. The quantitative estimate of drug-likeness (QED) is 0.575. The Balaban J connectivity index is 4.43. The maximum absolute atomic E-state index is 10.8. The number of hydrogen-bond donors (Lipinski definition) is 1. The second-order valence-corrected chi connectivity index (χ2v) is 3.43. The molecule has 0 spiro atoms. The zero-order valence-corrected chi connectivity index (χ0v) is 10.7. The molecule has 0 radical (unpaired) electrons. The van der Waals surface area contributed by atoms with Crippen LogP contribution < -0.4 is 0 Å². The number of aliphatic carboxylic acids is 1. The van der Waals surface area contributed by atoms with Crippen LogP contribution in [-0.4, -0.2) is 11.1 Å². The van der Waals surface area contributed by atoms with Crippen molar-refractivity contribution in [2.24, 2.45) is 0 Å². The monoisotopic (exact) mass is 253 g/mol. The summed E-state index contributed by atoms with van der Waals surface area (Å²) in [6.45, 7) is 2.07. The highest BCUT2D eigenvalue weighted by Crippen LogP contribution is 1.96. The number of carboxylic acid groups (broad SMARTS) is 1. The lowest BCUT2D eigenvalue weighted by atomic mass is 10.2. The molecule has 0 aliphatic carbocycles. The van der Waals surface area contributed by atoms with E-state index in [1.165, 1.54) is 6.08 Å². The summed E-state index contributed by atoms with van der Waals surface area (Å²) in [5.41, 5.74) is 0. The van der Waals surface area contributed by atoms with Crippen molar-refractivity contribution in [3.63, 3.8) is 0 Å². The highest BCUT2D eigenvalue weighted by molar-refractivity contribution is 5.66. The molecule has 0 unspecified atom stereocenters. The van der Waals surface area contributed by atoms with Crippen molar-refractivity contribution in [2.75, 3.05) is 0 Å². The van der Waals surface area contributed by atoms with Crippen LogP contribution in [0, 0.1) is 0 Å². The average molecular weight is 253 g/mol. The Morgan fingerprint density at radius 3 is 2.06 bits per heavy atom. The largest absolute Gasteiger partial charge is 0.481 e. The van der Waals surface area contributed by atoms with Crippen molar-refractivity contribution in [1.29, 1.82) is 0 Å². The molecule has 0 saturated heterocycles. The molecule has 0 saturated carbocycles. The van der Waals surface area contributed by atoms with E-state index < -0.39 is 24.8 Å². The van der Waals surface area contributed by atoms with E-state index >= 15 is 0 Å². The van der Waals surface area contributed by atoms with Crippen LogP contribution in [0.15, 0.2) is 48.6 Å². The number of rotatable bonds is 10. The van der Waals surface area contributed by atoms with Gasteiger partial charge in [-0.15, -0.1) is 0 Å². The maximum Gasteiger partial charge on any atom is 0.303 e. The Morgan fingerprint density at radius 2 is 1.56 bits per heavy atom.